The van der Waals surface area contributed by atoms with E-state index in [1.807, 2.05) is 0 Å². The standard InChI is InChI=1S/C17H22N2O2/c20-16(19-10-17(21)7-8-18-9-17)15-13-6-5-11-3-1-2-4-12(11)14(13)15/h1-4,13-15,18,21H,5-10H2,(H,19,20). The van der Waals surface area contributed by atoms with Crippen LogP contribution in [-0.2, 0) is 11.2 Å². The molecule has 1 aromatic rings. The lowest BCUT2D eigenvalue weighted by Gasteiger charge is -2.21. The summed E-state index contributed by atoms with van der Waals surface area (Å²) in [5.74, 6) is 1.16. The second-order valence-electron chi connectivity index (χ2n) is 6.82. The summed E-state index contributed by atoms with van der Waals surface area (Å²) in [7, 11) is 0. The Hall–Kier alpha value is -1.39. The van der Waals surface area contributed by atoms with Gasteiger partial charge < -0.3 is 15.7 Å². The SMILES string of the molecule is O=C(NCC1(O)CCNC1)C1C2CCc3ccccc3C21. The molecule has 112 valence electrons. The number of aliphatic hydroxyl groups is 1. The Morgan fingerprint density at radius 2 is 2.29 bits per heavy atom. The van der Waals surface area contributed by atoms with Crippen molar-refractivity contribution in [1.82, 2.24) is 10.6 Å². The molecular weight excluding hydrogens is 264 g/mol. The van der Waals surface area contributed by atoms with E-state index in [0.29, 0.717) is 31.3 Å². The van der Waals surface area contributed by atoms with Crippen molar-refractivity contribution in [2.75, 3.05) is 19.6 Å². The van der Waals surface area contributed by atoms with Crippen LogP contribution in [0.4, 0.5) is 0 Å². The Labute approximate surface area is 124 Å². The fraction of sp³-hybridized carbons (Fsp3) is 0.588. The van der Waals surface area contributed by atoms with Gasteiger partial charge >= 0.3 is 0 Å². The highest BCUT2D eigenvalue weighted by molar-refractivity contribution is 5.84. The third kappa shape index (κ3) is 2.27. The minimum atomic E-state index is -0.756. The van der Waals surface area contributed by atoms with Crippen molar-refractivity contribution in [3.8, 4) is 0 Å². The predicted octanol–water partition coefficient (Wildman–Crippen LogP) is 0.803. The third-order valence-corrected chi connectivity index (χ3v) is 5.45. The quantitative estimate of drug-likeness (QED) is 0.770. The Balaban J connectivity index is 1.41. The minimum absolute atomic E-state index is 0.117. The Morgan fingerprint density at radius 1 is 1.43 bits per heavy atom. The van der Waals surface area contributed by atoms with Gasteiger partial charge in [-0.3, -0.25) is 4.79 Å². The second-order valence-corrected chi connectivity index (χ2v) is 6.82. The maximum Gasteiger partial charge on any atom is 0.224 e. The molecule has 4 unspecified atom stereocenters. The van der Waals surface area contributed by atoms with E-state index in [4.69, 9.17) is 0 Å². The third-order valence-electron chi connectivity index (χ3n) is 5.45. The lowest BCUT2D eigenvalue weighted by Crippen LogP contribution is -2.45. The topological polar surface area (TPSA) is 61.4 Å². The molecule has 4 atom stereocenters. The lowest BCUT2D eigenvalue weighted by atomic mass is 9.92. The van der Waals surface area contributed by atoms with Crippen LogP contribution in [0, 0.1) is 11.8 Å². The van der Waals surface area contributed by atoms with E-state index in [1.54, 1.807) is 0 Å². The molecule has 21 heavy (non-hydrogen) atoms. The van der Waals surface area contributed by atoms with Crippen LogP contribution in [-0.4, -0.2) is 36.2 Å². The number of amides is 1. The Bertz CT molecular complexity index is 566. The first-order valence-electron chi connectivity index (χ1n) is 7.97. The van der Waals surface area contributed by atoms with Crippen molar-refractivity contribution in [3.05, 3.63) is 35.4 Å². The average molecular weight is 286 g/mol. The molecule has 1 saturated heterocycles. The molecule has 2 fully saturated rings. The molecule has 4 rings (SSSR count). The van der Waals surface area contributed by atoms with Gasteiger partial charge in [0.1, 0.15) is 0 Å². The summed E-state index contributed by atoms with van der Waals surface area (Å²) in [6.07, 6.45) is 2.92. The van der Waals surface area contributed by atoms with Crippen LogP contribution in [0.5, 0.6) is 0 Å². The summed E-state index contributed by atoms with van der Waals surface area (Å²) in [6, 6.07) is 8.51. The van der Waals surface area contributed by atoms with Crippen molar-refractivity contribution in [1.29, 1.82) is 0 Å². The zero-order valence-electron chi connectivity index (χ0n) is 12.1. The summed E-state index contributed by atoms with van der Waals surface area (Å²) in [4.78, 5) is 12.4. The van der Waals surface area contributed by atoms with Crippen LogP contribution < -0.4 is 10.6 Å². The smallest absolute Gasteiger partial charge is 0.224 e. The van der Waals surface area contributed by atoms with Crippen molar-refractivity contribution < 1.29 is 9.90 Å². The first-order valence-corrected chi connectivity index (χ1v) is 7.97. The van der Waals surface area contributed by atoms with Crippen LogP contribution in [0.3, 0.4) is 0 Å². The predicted molar refractivity (Wildman–Crippen MR) is 79.9 cm³/mol. The average Bonchev–Trinajstić information content (AvgIpc) is 3.11. The number of carbonyl (C=O) groups excluding carboxylic acids is 1. The van der Waals surface area contributed by atoms with Crippen LogP contribution in [0.25, 0.3) is 0 Å². The number of hydrogen-bond donors (Lipinski definition) is 3. The van der Waals surface area contributed by atoms with Crippen LogP contribution in [0.1, 0.15) is 29.9 Å². The fourth-order valence-corrected chi connectivity index (χ4v) is 4.17. The first-order chi connectivity index (χ1) is 10.2. The van der Waals surface area contributed by atoms with Gasteiger partial charge in [0.15, 0.2) is 0 Å². The molecule has 1 saturated carbocycles. The van der Waals surface area contributed by atoms with E-state index in [2.05, 4.69) is 34.9 Å². The summed E-state index contributed by atoms with van der Waals surface area (Å²) in [5, 5.41) is 16.4. The van der Waals surface area contributed by atoms with Gasteiger partial charge in [-0.2, -0.15) is 0 Å². The van der Waals surface area contributed by atoms with Crippen molar-refractivity contribution in [2.45, 2.75) is 30.8 Å². The molecule has 1 heterocycles. The van der Waals surface area contributed by atoms with Gasteiger partial charge in [0, 0.05) is 19.0 Å². The molecule has 3 N–H and O–H groups in total. The van der Waals surface area contributed by atoms with E-state index >= 15 is 0 Å². The first kappa shape index (κ1) is 13.3. The molecule has 4 nitrogen and oxygen atoms in total. The zero-order chi connectivity index (χ0) is 14.4. The number of nitrogens with one attached hydrogen (secondary N) is 2. The summed E-state index contributed by atoms with van der Waals surface area (Å²) >= 11 is 0. The number of hydrogen-bond acceptors (Lipinski definition) is 3. The molecular formula is C17H22N2O2. The van der Waals surface area contributed by atoms with E-state index in [0.717, 1.165) is 19.4 Å². The van der Waals surface area contributed by atoms with Gasteiger partial charge in [-0.15, -0.1) is 0 Å². The van der Waals surface area contributed by atoms with Gasteiger partial charge in [-0.05, 0) is 48.8 Å². The summed E-state index contributed by atoms with van der Waals surface area (Å²) in [6.45, 7) is 1.78. The van der Waals surface area contributed by atoms with Crippen LogP contribution in [0.15, 0.2) is 24.3 Å². The van der Waals surface area contributed by atoms with E-state index in [1.165, 1.54) is 11.1 Å². The zero-order valence-corrected chi connectivity index (χ0v) is 12.1. The largest absolute Gasteiger partial charge is 0.387 e. The highest BCUT2D eigenvalue weighted by Gasteiger charge is 2.57. The number of β-amino-alcohol motifs (C(OH)–C–C–N with tert-alkyl or cyclic N) is 1. The normalized spacial score (nSPS) is 36.7. The van der Waals surface area contributed by atoms with E-state index < -0.39 is 5.60 Å². The van der Waals surface area contributed by atoms with Gasteiger partial charge in [0.05, 0.1) is 5.60 Å². The molecule has 4 heteroatoms. The molecule has 1 aromatic carbocycles. The van der Waals surface area contributed by atoms with Gasteiger partial charge in [0.25, 0.3) is 0 Å². The number of rotatable bonds is 3. The highest BCUT2D eigenvalue weighted by Crippen LogP contribution is 2.59. The Kier molecular flexibility index (Phi) is 3.05. The van der Waals surface area contributed by atoms with Crippen LogP contribution >= 0.6 is 0 Å². The number of carbonyl (C=O) groups is 1. The number of aryl methyl sites for hydroxylation is 1. The molecule has 0 bridgehead atoms. The van der Waals surface area contributed by atoms with Gasteiger partial charge in [-0.1, -0.05) is 24.3 Å². The van der Waals surface area contributed by atoms with Crippen molar-refractivity contribution >= 4 is 5.91 Å². The second kappa shape index (κ2) is 4.82. The maximum atomic E-state index is 12.4. The molecule has 2 aliphatic carbocycles. The van der Waals surface area contributed by atoms with Crippen LogP contribution in [0.2, 0.25) is 0 Å². The van der Waals surface area contributed by atoms with E-state index in [9.17, 15) is 9.90 Å². The highest BCUT2D eigenvalue weighted by atomic mass is 16.3. The van der Waals surface area contributed by atoms with Crippen molar-refractivity contribution in [2.24, 2.45) is 11.8 Å². The molecule has 3 aliphatic rings. The monoisotopic (exact) mass is 286 g/mol. The van der Waals surface area contributed by atoms with E-state index in [-0.39, 0.29) is 11.8 Å². The number of fused-ring (bicyclic) bond motifs is 3. The number of benzene rings is 1. The van der Waals surface area contributed by atoms with Gasteiger partial charge in [-0.25, -0.2) is 0 Å². The van der Waals surface area contributed by atoms with Crippen molar-refractivity contribution in [3.63, 3.8) is 0 Å². The molecule has 1 amide bonds. The Morgan fingerprint density at radius 3 is 3.10 bits per heavy atom. The maximum absolute atomic E-state index is 12.4. The molecule has 0 radical (unpaired) electrons. The molecule has 0 aromatic heterocycles. The summed E-state index contributed by atoms with van der Waals surface area (Å²) in [5.41, 5.74) is 2.02. The lowest BCUT2D eigenvalue weighted by molar-refractivity contribution is -0.123. The molecule has 1 aliphatic heterocycles. The minimum Gasteiger partial charge on any atom is -0.387 e. The van der Waals surface area contributed by atoms with Gasteiger partial charge in [0.2, 0.25) is 5.91 Å². The fourth-order valence-electron chi connectivity index (χ4n) is 4.17. The summed E-state index contributed by atoms with van der Waals surface area (Å²) < 4.78 is 0. The molecule has 0 spiro atoms.